The monoisotopic (exact) mass is 492 g/mol. The van der Waals surface area contributed by atoms with Crippen LogP contribution in [0.2, 0.25) is 0 Å². The Morgan fingerprint density at radius 2 is 1.81 bits per heavy atom. The van der Waals surface area contributed by atoms with E-state index in [1.165, 1.54) is 22.8 Å². The van der Waals surface area contributed by atoms with Gasteiger partial charge >= 0.3 is 0 Å². The zero-order chi connectivity index (χ0) is 25.2. The summed E-state index contributed by atoms with van der Waals surface area (Å²) in [6, 6.07) is 8.62. The van der Waals surface area contributed by atoms with Crippen LogP contribution in [0.4, 0.5) is 5.69 Å². The van der Waals surface area contributed by atoms with Gasteiger partial charge in [-0.3, -0.25) is 19.1 Å². The summed E-state index contributed by atoms with van der Waals surface area (Å²) in [6.45, 7) is 4.88. The first-order valence-electron chi connectivity index (χ1n) is 12.4. The Balaban J connectivity index is 1.54. The Morgan fingerprint density at radius 3 is 2.56 bits per heavy atom. The molecule has 1 fully saturated rings. The summed E-state index contributed by atoms with van der Waals surface area (Å²) in [5, 5.41) is 3.38. The van der Waals surface area contributed by atoms with Crippen molar-refractivity contribution in [3.05, 3.63) is 57.6 Å². The lowest BCUT2D eigenvalue weighted by Gasteiger charge is -2.28. The number of amides is 1. The number of nitrogens with one attached hydrogen (secondary N) is 1. The van der Waals surface area contributed by atoms with Gasteiger partial charge in [-0.15, -0.1) is 0 Å². The van der Waals surface area contributed by atoms with Crippen LogP contribution >= 0.6 is 0 Å². The third-order valence-corrected chi connectivity index (χ3v) is 7.08. The number of ether oxygens (including phenoxy) is 3. The Morgan fingerprint density at radius 1 is 1.08 bits per heavy atom. The smallest absolute Gasteiger partial charge is 0.262 e. The van der Waals surface area contributed by atoms with E-state index in [0.29, 0.717) is 48.0 Å². The highest BCUT2D eigenvalue weighted by atomic mass is 16.5. The fourth-order valence-corrected chi connectivity index (χ4v) is 5.06. The minimum atomic E-state index is -0.771. The summed E-state index contributed by atoms with van der Waals surface area (Å²) >= 11 is 0. The minimum absolute atomic E-state index is 0.264. The number of fused-ring (bicyclic) bond motifs is 2. The number of aromatic nitrogens is 2. The second kappa shape index (κ2) is 10.3. The molecule has 0 saturated carbocycles. The van der Waals surface area contributed by atoms with Crippen molar-refractivity contribution in [2.45, 2.75) is 38.8 Å². The molecule has 1 aliphatic carbocycles. The Labute approximate surface area is 210 Å². The lowest BCUT2D eigenvalue weighted by molar-refractivity contribution is -0.119. The number of nitrogens with zero attached hydrogens (tertiary/aromatic N) is 3. The molecule has 1 aromatic heterocycles. The molecule has 9 heteroatoms. The van der Waals surface area contributed by atoms with Gasteiger partial charge in [-0.25, -0.2) is 4.98 Å². The summed E-state index contributed by atoms with van der Waals surface area (Å²) in [4.78, 5) is 34.2. The third-order valence-electron chi connectivity index (χ3n) is 7.08. The SMILES string of the molecule is COc1cc2nc(CN3CCOCC3)n(C(C)C(=O)Nc3ccc4c(c3)CCC4)c(=O)c2cc1OC. The number of morpholine rings is 1. The molecule has 0 spiro atoms. The molecule has 1 unspecified atom stereocenters. The summed E-state index contributed by atoms with van der Waals surface area (Å²) in [7, 11) is 3.07. The third kappa shape index (κ3) is 4.68. The lowest BCUT2D eigenvalue weighted by Crippen LogP contribution is -2.40. The zero-order valence-corrected chi connectivity index (χ0v) is 21.0. The molecule has 0 bridgehead atoms. The number of carbonyl (C=O) groups excluding carboxylic acids is 1. The molecule has 5 rings (SSSR count). The average Bonchev–Trinajstić information content (AvgIpc) is 3.36. The number of methoxy groups -OCH3 is 2. The molecule has 2 aliphatic rings. The molecule has 2 aromatic carbocycles. The van der Waals surface area contributed by atoms with Crippen LogP contribution in [0.3, 0.4) is 0 Å². The van der Waals surface area contributed by atoms with Gasteiger partial charge in [0.25, 0.3) is 5.56 Å². The van der Waals surface area contributed by atoms with Gasteiger partial charge in [0.15, 0.2) is 11.5 Å². The van der Waals surface area contributed by atoms with E-state index in [4.69, 9.17) is 19.2 Å². The molecule has 2 heterocycles. The predicted molar refractivity (Wildman–Crippen MR) is 137 cm³/mol. The molecule has 36 heavy (non-hydrogen) atoms. The maximum Gasteiger partial charge on any atom is 0.262 e. The van der Waals surface area contributed by atoms with Crippen molar-refractivity contribution < 1.29 is 19.0 Å². The van der Waals surface area contributed by atoms with Crippen molar-refractivity contribution >= 4 is 22.5 Å². The summed E-state index contributed by atoms with van der Waals surface area (Å²) < 4.78 is 17.8. The number of aryl methyl sites for hydroxylation is 2. The Bertz CT molecular complexity index is 1350. The lowest BCUT2D eigenvalue weighted by atomic mass is 10.1. The van der Waals surface area contributed by atoms with E-state index in [2.05, 4.69) is 16.3 Å². The average molecular weight is 493 g/mol. The number of hydrogen-bond acceptors (Lipinski definition) is 7. The van der Waals surface area contributed by atoms with Crippen molar-refractivity contribution in [3.63, 3.8) is 0 Å². The van der Waals surface area contributed by atoms with Gasteiger partial charge < -0.3 is 19.5 Å². The van der Waals surface area contributed by atoms with E-state index < -0.39 is 6.04 Å². The van der Waals surface area contributed by atoms with Crippen LogP contribution in [0, 0.1) is 0 Å². The van der Waals surface area contributed by atoms with Crippen LogP contribution in [0.5, 0.6) is 11.5 Å². The van der Waals surface area contributed by atoms with Gasteiger partial charge in [0.2, 0.25) is 5.91 Å². The van der Waals surface area contributed by atoms with E-state index >= 15 is 0 Å². The first kappa shape index (κ1) is 24.3. The van der Waals surface area contributed by atoms with Gasteiger partial charge in [0.05, 0.1) is 44.9 Å². The summed E-state index contributed by atoms with van der Waals surface area (Å²) in [5.74, 6) is 1.19. The highest BCUT2D eigenvalue weighted by molar-refractivity contribution is 5.94. The first-order chi connectivity index (χ1) is 17.5. The van der Waals surface area contributed by atoms with E-state index in [9.17, 15) is 9.59 Å². The van der Waals surface area contributed by atoms with Crippen LogP contribution < -0.4 is 20.3 Å². The normalized spacial score (nSPS) is 16.5. The number of benzene rings is 2. The molecule has 0 radical (unpaired) electrons. The highest BCUT2D eigenvalue weighted by Gasteiger charge is 2.25. The maximum absolute atomic E-state index is 13.8. The molecular weight excluding hydrogens is 460 g/mol. The highest BCUT2D eigenvalue weighted by Crippen LogP contribution is 2.31. The van der Waals surface area contributed by atoms with Gasteiger partial charge in [-0.05, 0) is 55.5 Å². The second-order valence-corrected chi connectivity index (χ2v) is 9.32. The molecule has 9 nitrogen and oxygen atoms in total. The number of anilines is 1. The minimum Gasteiger partial charge on any atom is -0.493 e. The number of carbonyl (C=O) groups is 1. The second-order valence-electron chi connectivity index (χ2n) is 9.32. The molecule has 1 atom stereocenters. The maximum atomic E-state index is 13.8. The molecule has 1 N–H and O–H groups in total. The van der Waals surface area contributed by atoms with Crippen LogP contribution in [0.25, 0.3) is 10.9 Å². The van der Waals surface area contributed by atoms with E-state index in [1.54, 1.807) is 26.2 Å². The van der Waals surface area contributed by atoms with Crippen molar-refractivity contribution in [2.24, 2.45) is 0 Å². The topological polar surface area (TPSA) is 94.9 Å². The Kier molecular flexibility index (Phi) is 6.93. The Hall–Kier alpha value is -3.43. The number of rotatable bonds is 7. The first-order valence-corrected chi connectivity index (χ1v) is 12.4. The van der Waals surface area contributed by atoms with Gasteiger partial charge in [0.1, 0.15) is 11.9 Å². The fraction of sp³-hybridized carbons (Fsp3) is 0.444. The quantitative estimate of drug-likeness (QED) is 0.542. The number of hydrogen-bond donors (Lipinski definition) is 1. The van der Waals surface area contributed by atoms with E-state index in [0.717, 1.165) is 38.0 Å². The zero-order valence-electron chi connectivity index (χ0n) is 21.0. The van der Waals surface area contributed by atoms with Crippen LogP contribution in [0.1, 0.15) is 36.3 Å². The van der Waals surface area contributed by atoms with Crippen LogP contribution in [0.15, 0.2) is 35.1 Å². The van der Waals surface area contributed by atoms with Crippen molar-refractivity contribution in [3.8, 4) is 11.5 Å². The van der Waals surface area contributed by atoms with E-state index in [-0.39, 0.29) is 11.5 Å². The fourth-order valence-electron chi connectivity index (χ4n) is 5.06. The van der Waals surface area contributed by atoms with Gasteiger partial charge in [-0.2, -0.15) is 0 Å². The van der Waals surface area contributed by atoms with Gasteiger partial charge in [0, 0.05) is 24.8 Å². The standard InChI is InChI=1S/C27H32N4O5/c1-17(26(32)28-20-8-7-18-5-4-6-19(18)13-20)31-25(16-30-9-11-36-12-10-30)29-22-15-24(35-3)23(34-2)14-21(22)27(31)33/h7-8,13-15,17H,4-6,9-12,16H2,1-3H3,(H,28,32). The largest absolute Gasteiger partial charge is 0.493 e. The summed E-state index contributed by atoms with van der Waals surface area (Å²) in [6.07, 6.45) is 3.25. The molecule has 3 aromatic rings. The predicted octanol–water partition coefficient (Wildman–Crippen LogP) is 2.93. The molecule has 1 saturated heterocycles. The van der Waals surface area contributed by atoms with E-state index in [1.807, 2.05) is 12.1 Å². The van der Waals surface area contributed by atoms with Crippen molar-refractivity contribution in [1.82, 2.24) is 14.5 Å². The van der Waals surface area contributed by atoms with Crippen LogP contribution in [-0.2, 0) is 28.9 Å². The van der Waals surface area contributed by atoms with Gasteiger partial charge in [-0.1, -0.05) is 6.07 Å². The molecule has 1 aliphatic heterocycles. The molecule has 1 amide bonds. The van der Waals surface area contributed by atoms with Crippen molar-refractivity contribution in [1.29, 1.82) is 0 Å². The summed E-state index contributed by atoms with van der Waals surface area (Å²) in [5.41, 5.74) is 3.58. The molecular formula is C27H32N4O5. The molecule has 190 valence electrons. The van der Waals surface area contributed by atoms with Crippen molar-refractivity contribution in [2.75, 3.05) is 45.8 Å². The van der Waals surface area contributed by atoms with Crippen LogP contribution in [-0.4, -0.2) is 60.9 Å².